The molecule has 0 aliphatic rings. The quantitative estimate of drug-likeness (QED) is 0.789. The Kier molecular flexibility index (Phi) is 2.09. The summed E-state index contributed by atoms with van der Waals surface area (Å²) in [4.78, 5) is 10.9. The molecule has 66 valence electrons. The Balaban J connectivity index is 2.89. The van der Waals surface area contributed by atoms with Gasteiger partial charge in [0.1, 0.15) is 0 Å². The zero-order chi connectivity index (χ0) is 9.42. The SMILES string of the molecule is O=c1cc2cc(Cl)c(Br)cc2n[nH]1. The summed E-state index contributed by atoms with van der Waals surface area (Å²) in [7, 11) is 0. The fraction of sp³-hybridized carbons (Fsp3) is 0. The van der Waals surface area contributed by atoms with Crippen LogP contribution in [-0.4, -0.2) is 10.2 Å². The predicted molar refractivity (Wildman–Crippen MR) is 55.1 cm³/mol. The van der Waals surface area contributed by atoms with Gasteiger partial charge in [0.25, 0.3) is 5.56 Å². The molecule has 0 aliphatic carbocycles. The monoisotopic (exact) mass is 258 g/mol. The number of nitrogens with zero attached hydrogens (tertiary/aromatic N) is 1. The van der Waals surface area contributed by atoms with Gasteiger partial charge in [-0.15, -0.1) is 0 Å². The molecule has 0 saturated carbocycles. The second-order valence-corrected chi connectivity index (χ2v) is 3.82. The predicted octanol–water partition coefficient (Wildman–Crippen LogP) is 2.34. The van der Waals surface area contributed by atoms with Crippen LogP contribution < -0.4 is 5.56 Å². The Morgan fingerprint density at radius 3 is 2.92 bits per heavy atom. The minimum Gasteiger partial charge on any atom is -0.268 e. The molecular weight excluding hydrogens is 255 g/mol. The van der Waals surface area contributed by atoms with Crippen molar-refractivity contribution in [1.82, 2.24) is 10.2 Å². The molecule has 0 radical (unpaired) electrons. The summed E-state index contributed by atoms with van der Waals surface area (Å²) < 4.78 is 0.765. The standard InChI is InChI=1S/C8H4BrClN2O/c9-5-3-7-4(1-6(5)10)2-8(13)12-11-7/h1-3H,(H,12,13). The summed E-state index contributed by atoms with van der Waals surface area (Å²) in [6.45, 7) is 0. The van der Waals surface area contributed by atoms with Gasteiger partial charge < -0.3 is 0 Å². The van der Waals surface area contributed by atoms with Crippen molar-refractivity contribution in [2.75, 3.05) is 0 Å². The van der Waals surface area contributed by atoms with Crippen molar-refractivity contribution in [2.45, 2.75) is 0 Å². The number of H-pyrrole nitrogens is 1. The van der Waals surface area contributed by atoms with Crippen LogP contribution in [0.1, 0.15) is 0 Å². The number of hydrogen-bond acceptors (Lipinski definition) is 2. The Hall–Kier alpha value is -0.870. The molecule has 0 saturated heterocycles. The molecular formula is C8H4BrClN2O. The average Bonchev–Trinajstić information content (AvgIpc) is 2.08. The second kappa shape index (κ2) is 3.12. The highest BCUT2D eigenvalue weighted by Gasteiger charge is 2.01. The van der Waals surface area contributed by atoms with E-state index < -0.39 is 0 Å². The normalized spacial score (nSPS) is 10.6. The van der Waals surface area contributed by atoms with Crippen LogP contribution in [0.2, 0.25) is 5.02 Å². The summed E-state index contributed by atoms with van der Waals surface area (Å²) >= 11 is 9.12. The first-order chi connectivity index (χ1) is 6.16. The Morgan fingerprint density at radius 2 is 2.15 bits per heavy atom. The molecule has 1 heterocycles. The highest BCUT2D eigenvalue weighted by Crippen LogP contribution is 2.25. The van der Waals surface area contributed by atoms with Gasteiger partial charge in [-0.1, -0.05) is 11.6 Å². The number of nitrogens with one attached hydrogen (secondary N) is 1. The molecule has 5 heteroatoms. The Labute approximate surface area is 86.9 Å². The van der Waals surface area contributed by atoms with E-state index in [9.17, 15) is 4.79 Å². The molecule has 0 amide bonds. The van der Waals surface area contributed by atoms with Crippen molar-refractivity contribution in [3.05, 3.63) is 38.0 Å². The van der Waals surface area contributed by atoms with Gasteiger partial charge in [0.05, 0.1) is 10.5 Å². The molecule has 0 aliphatic heterocycles. The van der Waals surface area contributed by atoms with E-state index in [1.165, 1.54) is 6.07 Å². The molecule has 2 aromatic rings. The third kappa shape index (κ3) is 1.59. The van der Waals surface area contributed by atoms with Crippen LogP contribution in [0.3, 0.4) is 0 Å². The molecule has 1 aromatic heterocycles. The van der Waals surface area contributed by atoms with Crippen LogP contribution >= 0.6 is 27.5 Å². The molecule has 0 unspecified atom stereocenters. The zero-order valence-electron chi connectivity index (χ0n) is 6.34. The third-order valence-electron chi connectivity index (χ3n) is 1.64. The molecule has 0 fully saturated rings. The van der Waals surface area contributed by atoms with Crippen LogP contribution in [0, 0.1) is 0 Å². The lowest BCUT2D eigenvalue weighted by atomic mass is 10.2. The van der Waals surface area contributed by atoms with Crippen molar-refractivity contribution < 1.29 is 0 Å². The number of aromatic amines is 1. The lowest BCUT2D eigenvalue weighted by molar-refractivity contribution is 1.03. The van der Waals surface area contributed by atoms with Gasteiger partial charge >= 0.3 is 0 Å². The molecule has 0 atom stereocenters. The first-order valence-electron chi connectivity index (χ1n) is 3.51. The van der Waals surface area contributed by atoms with Crippen molar-refractivity contribution in [3.8, 4) is 0 Å². The fourth-order valence-electron chi connectivity index (χ4n) is 1.05. The van der Waals surface area contributed by atoms with Gasteiger partial charge in [-0.25, -0.2) is 5.10 Å². The maximum absolute atomic E-state index is 10.9. The summed E-state index contributed by atoms with van der Waals surface area (Å²) in [5, 5.41) is 7.51. The Morgan fingerprint density at radius 1 is 1.38 bits per heavy atom. The van der Waals surface area contributed by atoms with E-state index >= 15 is 0 Å². The molecule has 0 spiro atoms. The summed E-state index contributed by atoms with van der Waals surface area (Å²) in [6.07, 6.45) is 0. The second-order valence-electron chi connectivity index (χ2n) is 2.56. The fourth-order valence-corrected chi connectivity index (χ4v) is 1.56. The van der Waals surface area contributed by atoms with Gasteiger partial charge in [-0.2, -0.15) is 5.10 Å². The van der Waals surface area contributed by atoms with E-state index in [0.717, 1.165) is 9.86 Å². The van der Waals surface area contributed by atoms with Crippen LogP contribution in [0.15, 0.2) is 27.5 Å². The van der Waals surface area contributed by atoms with E-state index in [0.29, 0.717) is 10.5 Å². The molecule has 1 aromatic carbocycles. The number of rotatable bonds is 0. The molecule has 0 bridgehead atoms. The largest absolute Gasteiger partial charge is 0.268 e. The van der Waals surface area contributed by atoms with E-state index in [1.807, 2.05) is 0 Å². The van der Waals surface area contributed by atoms with Gasteiger partial charge in [-0.05, 0) is 28.1 Å². The van der Waals surface area contributed by atoms with E-state index in [4.69, 9.17) is 11.6 Å². The van der Waals surface area contributed by atoms with Gasteiger partial charge in [0.15, 0.2) is 0 Å². The van der Waals surface area contributed by atoms with Crippen LogP contribution in [0.4, 0.5) is 0 Å². The van der Waals surface area contributed by atoms with Crippen molar-refractivity contribution in [2.24, 2.45) is 0 Å². The Bertz CT molecular complexity index is 523. The summed E-state index contributed by atoms with van der Waals surface area (Å²) in [5.74, 6) is 0. The lowest BCUT2D eigenvalue weighted by Gasteiger charge is -1.98. The summed E-state index contributed by atoms with van der Waals surface area (Å²) in [6, 6.07) is 4.91. The highest BCUT2D eigenvalue weighted by molar-refractivity contribution is 9.10. The third-order valence-corrected chi connectivity index (χ3v) is 2.84. The molecule has 13 heavy (non-hydrogen) atoms. The lowest BCUT2D eigenvalue weighted by Crippen LogP contribution is -2.05. The van der Waals surface area contributed by atoms with Crippen LogP contribution in [0.25, 0.3) is 10.9 Å². The first-order valence-corrected chi connectivity index (χ1v) is 4.68. The van der Waals surface area contributed by atoms with E-state index in [2.05, 4.69) is 26.1 Å². The minimum absolute atomic E-state index is 0.231. The number of benzene rings is 1. The topological polar surface area (TPSA) is 45.8 Å². The number of hydrogen-bond donors (Lipinski definition) is 1. The molecule has 1 N–H and O–H groups in total. The maximum Gasteiger partial charge on any atom is 0.264 e. The maximum atomic E-state index is 10.9. The van der Waals surface area contributed by atoms with Gasteiger partial charge in [-0.3, -0.25) is 4.79 Å². The van der Waals surface area contributed by atoms with Crippen molar-refractivity contribution >= 4 is 38.4 Å². The van der Waals surface area contributed by atoms with Crippen LogP contribution in [-0.2, 0) is 0 Å². The molecule has 3 nitrogen and oxygen atoms in total. The number of halogens is 2. The smallest absolute Gasteiger partial charge is 0.264 e. The van der Waals surface area contributed by atoms with Crippen molar-refractivity contribution in [1.29, 1.82) is 0 Å². The average molecular weight is 259 g/mol. The summed E-state index contributed by atoms with van der Waals surface area (Å²) in [5.41, 5.74) is 0.474. The zero-order valence-corrected chi connectivity index (χ0v) is 8.69. The van der Waals surface area contributed by atoms with Crippen LogP contribution in [0.5, 0.6) is 0 Å². The van der Waals surface area contributed by atoms with Crippen molar-refractivity contribution in [3.63, 3.8) is 0 Å². The number of aromatic nitrogens is 2. The molecule has 2 rings (SSSR count). The number of fused-ring (bicyclic) bond motifs is 1. The highest BCUT2D eigenvalue weighted by atomic mass is 79.9. The van der Waals surface area contributed by atoms with E-state index in [-0.39, 0.29) is 5.56 Å². The first kappa shape index (κ1) is 8.72. The van der Waals surface area contributed by atoms with E-state index in [1.54, 1.807) is 12.1 Å². The van der Waals surface area contributed by atoms with Gasteiger partial charge in [0, 0.05) is 15.9 Å². The van der Waals surface area contributed by atoms with Gasteiger partial charge in [0.2, 0.25) is 0 Å². The minimum atomic E-state index is -0.231.